The molecule has 1 aromatic rings. The van der Waals surface area contributed by atoms with Gasteiger partial charge in [0.25, 0.3) is 0 Å². The summed E-state index contributed by atoms with van der Waals surface area (Å²) in [4.78, 5) is 0.221. The fraction of sp³-hybridized carbons (Fsp3) is 0.250. The predicted octanol–water partition coefficient (Wildman–Crippen LogP) is 3.66. The Hall–Kier alpha value is -0.330. The minimum Gasteiger partial charge on any atom is -0.383 e. The highest BCUT2D eigenvalue weighted by molar-refractivity contribution is 9.11. The summed E-state index contributed by atoms with van der Waals surface area (Å²) in [5.41, 5.74) is -1.15. The summed E-state index contributed by atoms with van der Waals surface area (Å²) in [5.74, 6) is 0. The zero-order valence-electron chi connectivity index (χ0n) is 6.81. The third kappa shape index (κ3) is 2.59. The second kappa shape index (κ2) is 4.04. The van der Waals surface area contributed by atoms with E-state index in [2.05, 4.69) is 22.5 Å². The number of halogens is 4. The van der Waals surface area contributed by atoms with Gasteiger partial charge in [-0.25, -0.2) is 0 Å². The Bertz CT molecular complexity index is 345. The van der Waals surface area contributed by atoms with Crippen molar-refractivity contribution in [1.29, 1.82) is 0 Å². The van der Waals surface area contributed by atoms with E-state index in [0.717, 1.165) is 11.3 Å². The smallest absolute Gasteiger partial charge is 0.383 e. The highest BCUT2D eigenvalue weighted by atomic mass is 79.9. The number of hydrogen-bond acceptors (Lipinski definition) is 2. The van der Waals surface area contributed by atoms with Crippen molar-refractivity contribution in [3.8, 4) is 0 Å². The maximum atomic E-state index is 12.1. The lowest BCUT2D eigenvalue weighted by Crippen LogP contribution is -2.16. The largest absolute Gasteiger partial charge is 0.414 e. The van der Waals surface area contributed by atoms with Gasteiger partial charge in [0.05, 0.1) is 9.36 Å². The second-order valence-electron chi connectivity index (χ2n) is 2.57. The van der Waals surface area contributed by atoms with E-state index < -0.39 is 17.9 Å². The van der Waals surface area contributed by atoms with Crippen molar-refractivity contribution in [2.45, 2.75) is 12.3 Å². The van der Waals surface area contributed by atoms with Gasteiger partial charge in [0, 0.05) is 4.88 Å². The van der Waals surface area contributed by atoms with Crippen molar-refractivity contribution in [2.75, 3.05) is 0 Å². The van der Waals surface area contributed by atoms with Crippen molar-refractivity contribution >= 4 is 27.3 Å². The Balaban J connectivity index is 2.86. The molecule has 6 heteroatoms. The van der Waals surface area contributed by atoms with Gasteiger partial charge in [0.2, 0.25) is 0 Å². The Morgan fingerprint density at radius 2 is 2.07 bits per heavy atom. The molecule has 1 nitrogen and oxygen atoms in total. The fourth-order valence-corrected chi connectivity index (χ4v) is 2.25. The van der Waals surface area contributed by atoms with Crippen LogP contribution in [0.5, 0.6) is 0 Å². The van der Waals surface area contributed by atoms with E-state index >= 15 is 0 Å². The SMILES string of the molecule is C=C(C(O)c1ccc(Br)s1)C(F)(F)F. The molecule has 1 aromatic heterocycles. The van der Waals surface area contributed by atoms with Crippen LogP contribution in [0.3, 0.4) is 0 Å². The standard InChI is InChI=1S/C8H6BrF3OS/c1-4(8(10,11)12)7(13)5-2-3-6(9)14-5/h2-3,7,13H,1H2. The van der Waals surface area contributed by atoms with E-state index in [1.54, 1.807) is 6.07 Å². The lowest BCUT2D eigenvalue weighted by Gasteiger charge is -2.14. The lowest BCUT2D eigenvalue weighted by molar-refractivity contribution is -0.105. The lowest BCUT2D eigenvalue weighted by atomic mass is 10.1. The van der Waals surface area contributed by atoms with E-state index in [-0.39, 0.29) is 4.88 Å². The molecule has 0 aromatic carbocycles. The molecule has 0 aliphatic rings. The number of aliphatic hydroxyl groups is 1. The summed E-state index contributed by atoms with van der Waals surface area (Å²) in [6.45, 7) is 2.83. The Morgan fingerprint density at radius 1 is 1.50 bits per heavy atom. The molecule has 0 saturated heterocycles. The number of hydrogen-bond donors (Lipinski definition) is 1. The minimum absolute atomic E-state index is 0.221. The third-order valence-electron chi connectivity index (χ3n) is 1.56. The van der Waals surface area contributed by atoms with Crippen LogP contribution in [0.2, 0.25) is 0 Å². The molecular formula is C8H6BrF3OS. The first-order valence-electron chi connectivity index (χ1n) is 3.51. The second-order valence-corrected chi connectivity index (χ2v) is 5.06. The van der Waals surface area contributed by atoms with Gasteiger partial charge in [-0.2, -0.15) is 13.2 Å². The number of thiophene rings is 1. The molecule has 0 radical (unpaired) electrons. The van der Waals surface area contributed by atoms with Crippen LogP contribution < -0.4 is 0 Å². The van der Waals surface area contributed by atoms with Gasteiger partial charge in [-0.15, -0.1) is 11.3 Å². The zero-order valence-corrected chi connectivity index (χ0v) is 9.21. The number of aliphatic hydroxyl groups excluding tert-OH is 1. The molecule has 0 aliphatic carbocycles. The normalized spacial score (nSPS) is 14.1. The Kier molecular flexibility index (Phi) is 3.39. The average molecular weight is 287 g/mol. The molecule has 0 fully saturated rings. The Morgan fingerprint density at radius 3 is 2.43 bits per heavy atom. The molecule has 1 heterocycles. The van der Waals surface area contributed by atoms with Crippen LogP contribution in [0.4, 0.5) is 13.2 Å². The van der Waals surface area contributed by atoms with E-state index in [1.807, 2.05) is 0 Å². The van der Waals surface area contributed by atoms with E-state index in [0.29, 0.717) is 3.79 Å². The van der Waals surface area contributed by atoms with Gasteiger partial charge in [0.15, 0.2) is 0 Å². The van der Waals surface area contributed by atoms with Gasteiger partial charge in [-0.3, -0.25) is 0 Å². The molecule has 1 rings (SSSR count). The summed E-state index contributed by atoms with van der Waals surface area (Å²) in [5, 5.41) is 9.31. The van der Waals surface area contributed by atoms with Gasteiger partial charge in [-0.1, -0.05) is 6.58 Å². The summed E-state index contributed by atoms with van der Waals surface area (Å²) in [7, 11) is 0. The first-order chi connectivity index (χ1) is 6.32. The first kappa shape index (κ1) is 11.7. The predicted molar refractivity (Wildman–Crippen MR) is 52.2 cm³/mol. The molecule has 0 saturated carbocycles. The number of rotatable bonds is 2. The zero-order chi connectivity index (χ0) is 10.9. The summed E-state index contributed by atoms with van der Waals surface area (Å²) < 4.78 is 37.0. The van der Waals surface area contributed by atoms with Crippen molar-refractivity contribution in [3.05, 3.63) is 32.9 Å². The minimum atomic E-state index is -4.56. The van der Waals surface area contributed by atoms with Crippen molar-refractivity contribution in [2.24, 2.45) is 0 Å². The molecule has 1 N–H and O–H groups in total. The molecule has 0 bridgehead atoms. The van der Waals surface area contributed by atoms with E-state index in [1.165, 1.54) is 6.07 Å². The van der Waals surface area contributed by atoms with Gasteiger partial charge >= 0.3 is 6.18 Å². The van der Waals surface area contributed by atoms with Crippen molar-refractivity contribution in [1.82, 2.24) is 0 Å². The van der Waals surface area contributed by atoms with Crippen LogP contribution >= 0.6 is 27.3 Å². The van der Waals surface area contributed by atoms with Crippen LogP contribution in [0.1, 0.15) is 11.0 Å². The van der Waals surface area contributed by atoms with Crippen molar-refractivity contribution in [3.63, 3.8) is 0 Å². The first-order valence-corrected chi connectivity index (χ1v) is 5.12. The molecule has 1 atom stereocenters. The monoisotopic (exact) mass is 286 g/mol. The summed E-state index contributed by atoms with van der Waals surface area (Å²) in [6.07, 6.45) is -6.23. The third-order valence-corrected chi connectivity index (χ3v) is 3.23. The quantitative estimate of drug-likeness (QED) is 0.823. The van der Waals surface area contributed by atoms with Crippen molar-refractivity contribution < 1.29 is 18.3 Å². The molecular weight excluding hydrogens is 281 g/mol. The maximum absolute atomic E-state index is 12.1. The summed E-state index contributed by atoms with van der Waals surface area (Å²) >= 11 is 4.14. The molecule has 0 spiro atoms. The average Bonchev–Trinajstić information content (AvgIpc) is 2.47. The van der Waals surface area contributed by atoms with Crippen LogP contribution in [0.15, 0.2) is 28.1 Å². The van der Waals surface area contributed by atoms with Crippen LogP contribution in [-0.2, 0) is 0 Å². The van der Waals surface area contributed by atoms with Crippen LogP contribution in [0, 0.1) is 0 Å². The maximum Gasteiger partial charge on any atom is 0.414 e. The van der Waals surface area contributed by atoms with E-state index in [4.69, 9.17) is 0 Å². The number of alkyl halides is 3. The molecule has 0 amide bonds. The van der Waals surface area contributed by atoms with Crippen LogP contribution in [-0.4, -0.2) is 11.3 Å². The molecule has 14 heavy (non-hydrogen) atoms. The molecule has 0 aliphatic heterocycles. The highest BCUT2D eigenvalue weighted by Gasteiger charge is 2.37. The van der Waals surface area contributed by atoms with E-state index in [9.17, 15) is 18.3 Å². The van der Waals surface area contributed by atoms with Crippen LogP contribution in [0.25, 0.3) is 0 Å². The highest BCUT2D eigenvalue weighted by Crippen LogP contribution is 2.37. The Labute approximate surface area is 91.0 Å². The molecule has 1 unspecified atom stereocenters. The summed E-state index contributed by atoms with van der Waals surface area (Å²) in [6, 6.07) is 3.00. The van der Waals surface area contributed by atoms with Gasteiger partial charge in [-0.05, 0) is 28.1 Å². The molecule has 78 valence electrons. The van der Waals surface area contributed by atoms with Gasteiger partial charge in [0.1, 0.15) is 6.10 Å². The van der Waals surface area contributed by atoms with Gasteiger partial charge < -0.3 is 5.11 Å². The fourth-order valence-electron chi connectivity index (χ4n) is 0.802. The topological polar surface area (TPSA) is 20.2 Å².